The van der Waals surface area contributed by atoms with Crippen LogP contribution in [0.4, 0.5) is 10.1 Å². The molecule has 34 heavy (non-hydrogen) atoms. The summed E-state index contributed by atoms with van der Waals surface area (Å²) in [5.74, 6) is -1.91. The fourth-order valence-corrected chi connectivity index (χ4v) is 3.90. The maximum Gasteiger partial charge on any atom is 0.248 e. The van der Waals surface area contributed by atoms with Gasteiger partial charge >= 0.3 is 0 Å². The second-order valence-electron chi connectivity index (χ2n) is 9.01. The SMILES string of the molecule is [2H]c1c([2H])c(NC(=O)/C=C(C)/C=C/C=C(C)/C=C/C2=C(C)C([2H])(n3ccnc3)CCC2(C)C)c([2H])c([2H])c1F. The summed E-state index contributed by atoms with van der Waals surface area (Å²) in [5, 5.41) is 2.32. The van der Waals surface area contributed by atoms with Gasteiger partial charge in [-0.2, -0.15) is 0 Å². The molecule has 1 N–H and O–H groups in total. The molecule has 0 spiro atoms. The van der Waals surface area contributed by atoms with Crippen LogP contribution in [0.3, 0.4) is 0 Å². The molecule has 1 aromatic heterocycles. The third-order valence-electron chi connectivity index (χ3n) is 5.80. The number of carbonyl (C=O) groups is 1. The van der Waals surface area contributed by atoms with Crippen LogP contribution in [0.5, 0.6) is 0 Å². The van der Waals surface area contributed by atoms with Crippen molar-refractivity contribution in [1.82, 2.24) is 9.55 Å². The fourth-order valence-electron chi connectivity index (χ4n) is 3.90. The number of nitrogens with one attached hydrogen (secondary N) is 1. The van der Waals surface area contributed by atoms with E-state index in [1.54, 1.807) is 31.6 Å². The van der Waals surface area contributed by atoms with Crippen LogP contribution in [0.15, 0.2) is 102 Å². The average molecular weight is 465 g/mol. The quantitative estimate of drug-likeness (QED) is 0.344. The van der Waals surface area contributed by atoms with Gasteiger partial charge in [-0.05, 0) is 79.9 Å². The molecule has 1 aliphatic carbocycles. The summed E-state index contributed by atoms with van der Waals surface area (Å²) in [4.78, 5) is 16.5. The number of hydrogen-bond donors (Lipinski definition) is 1. The maximum absolute atomic E-state index is 13.7. The van der Waals surface area contributed by atoms with Gasteiger partial charge in [0.05, 0.1) is 19.2 Å². The second kappa shape index (κ2) is 11.1. The number of aromatic nitrogens is 2. The Labute approximate surface area is 209 Å². The number of anilines is 1. The number of amides is 1. The van der Waals surface area contributed by atoms with Crippen molar-refractivity contribution < 1.29 is 16.0 Å². The highest BCUT2D eigenvalue weighted by Crippen LogP contribution is 2.45. The molecule has 2 aromatic rings. The molecule has 1 amide bonds. The van der Waals surface area contributed by atoms with Gasteiger partial charge in [0.15, 0.2) is 0 Å². The summed E-state index contributed by atoms with van der Waals surface area (Å²) >= 11 is 0. The van der Waals surface area contributed by atoms with E-state index < -0.39 is 41.9 Å². The number of benzene rings is 1. The predicted octanol–water partition coefficient (Wildman–Crippen LogP) is 7.34. The van der Waals surface area contributed by atoms with E-state index in [2.05, 4.69) is 30.2 Å². The molecule has 3 rings (SSSR count). The van der Waals surface area contributed by atoms with Gasteiger partial charge in [-0.15, -0.1) is 0 Å². The first-order chi connectivity index (χ1) is 18.2. The van der Waals surface area contributed by atoms with E-state index in [0.29, 0.717) is 12.0 Å². The first-order valence-corrected chi connectivity index (χ1v) is 11.2. The topological polar surface area (TPSA) is 46.9 Å². The van der Waals surface area contributed by atoms with E-state index in [0.717, 1.165) is 23.1 Å². The number of rotatable bonds is 7. The molecule has 5 heteroatoms. The lowest BCUT2D eigenvalue weighted by Crippen LogP contribution is -2.25. The fraction of sp³-hybridized carbons (Fsp3) is 0.310. The van der Waals surface area contributed by atoms with Crippen LogP contribution in [0.2, 0.25) is 0 Å². The summed E-state index contributed by atoms with van der Waals surface area (Å²) in [7, 11) is 0. The van der Waals surface area contributed by atoms with E-state index in [1.165, 1.54) is 6.08 Å². The molecule has 1 aliphatic rings. The summed E-state index contributed by atoms with van der Waals surface area (Å²) in [6.45, 7) is 10.1. The van der Waals surface area contributed by atoms with Crippen molar-refractivity contribution in [2.45, 2.75) is 53.5 Å². The summed E-state index contributed by atoms with van der Waals surface area (Å²) in [6.07, 6.45) is 17.5. The predicted molar refractivity (Wildman–Crippen MR) is 138 cm³/mol. The monoisotopic (exact) mass is 464 g/mol. The number of imidazole rings is 1. The van der Waals surface area contributed by atoms with Crippen LogP contribution < -0.4 is 5.32 Å². The van der Waals surface area contributed by atoms with Crippen molar-refractivity contribution in [2.24, 2.45) is 5.41 Å². The van der Waals surface area contributed by atoms with Crippen molar-refractivity contribution in [3.8, 4) is 0 Å². The third kappa shape index (κ3) is 6.77. The minimum Gasteiger partial charge on any atom is -0.330 e. The lowest BCUT2D eigenvalue weighted by Gasteiger charge is -2.37. The normalized spacial score (nSPS) is 23.5. The second-order valence-corrected chi connectivity index (χ2v) is 9.01. The molecule has 0 fully saturated rings. The molecule has 4 nitrogen and oxygen atoms in total. The smallest absolute Gasteiger partial charge is 0.248 e. The molecule has 178 valence electrons. The van der Waals surface area contributed by atoms with Gasteiger partial charge in [0.1, 0.15) is 5.82 Å². The van der Waals surface area contributed by atoms with Gasteiger partial charge in [-0.3, -0.25) is 4.79 Å². The van der Waals surface area contributed by atoms with Gasteiger partial charge in [0.25, 0.3) is 0 Å². The summed E-state index contributed by atoms with van der Waals surface area (Å²) < 4.78 is 55.4. The highest BCUT2D eigenvalue weighted by molar-refractivity contribution is 5.99. The first kappa shape index (κ1) is 18.9. The summed E-state index contributed by atoms with van der Waals surface area (Å²) in [5.41, 5.74) is 3.23. The standard InChI is InChI=1S/C29H34FN3O/c1-21(7-6-8-22(2)19-28(34)32-25-12-10-24(30)11-13-25)9-14-26-23(3)27(15-16-29(26,4)5)33-18-17-31-20-33/h6-14,17-20,27H,15-16H2,1-5H3,(H,32,34)/b8-6+,14-9+,21-7+,22-19+/i10D,11D,12D,13D,27D. The Kier molecular flexibility index (Phi) is 6.17. The summed E-state index contributed by atoms with van der Waals surface area (Å²) in [6, 6.07) is -3.83. The zero-order chi connectivity index (χ0) is 29.1. The first-order valence-electron chi connectivity index (χ1n) is 13.7. The molecule has 0 bridgehead atoms. The maximum atomic E-state index is 13.7. The van der Waals surface area contributed by atoms with Crippen LogP contribution in [0, 0.1) is 11.2 Å². The largest absolute Gasteiger partial charge is 0.330 e. The zero-order valence-electron chi connectivity index (χ0n) is 25.3. The number of carbonyl (C=O) groups excluding carboxylic acids is 1. The third-order valence-corrected chi connectivity index (χ3v) is 5.80. The molecule has 1 aromatic carbocycles. The highest BCUT2D eigenvalue weighted by Gasteiger charge is 2.32. The Bertz CT molecular complexity index is 1390. The van der Waals surface area contributed by atoms with Crippen molar-refractivity contribution in [3.05, 3.63) is 107 Å². The van der Waals surface area contributed by atoms with Crippen LogP contribution in [-0.2, 0) is 4.79 Å². The molecule has 0 saturated heterocycles. The van der Waals surface area contributed by atoms with Gasteiger partial charge in [0.2, 0.25) is 5.91 Å². The molecule has 0 radical (unpaired) electrons. The molecule has 0 saturated carbocycles. The van der Waals surface area contributed by atoms with Crippen LogP contribution in [-0.4, -0.2) is 15.5 Å². The Morgan fingerprint density at radius 1 is 1.26 bits per heavy atom. The Morgan fingerprint density at radius 2 is 2.00 bits per heavy atom. The van der Waals surface area contributed by atoms with Gasteiger partial charge < -0.3 is 9.88 Å². The van der Waals surface area contributed by atoms with Crippen molar-refractivity contribution in [2.75, 3.05) is 5.32 Å². The number of allylic oxidation sites excluding steroid dienone is 9. The average Bonchev–Trinajstić information content (AvgIpc) is 3.42. The number of nitrogens with zero attached hydrogens (tertiary/aromatic N) is 2. The lowest BCUT2D eigenvalue weighted by atomic mass is 9.71. The van der Waals surface area contributed by atoms with Gasteiger partial charge in [-0.1, -0.05) is 49.8 Å². The van der Waals surface area contributed by atoms with E-state index in [4.69, 9.17) is 6.85 Å². The van der Waals surface area contributed by atoms with Gasteiger partial charge in [0, 0.05) is 24.2 Å². The van der Waals surface area contributed by atoms with Crippen LogP contribution >= 0.6 is 0 Å². The Hall–Kier alpha value is -3.47. The molecule has 1 heterocycles. The highest BCUT2D eigenvalue weighted by atomic mass is 19.1. The van der Waals surface area contributed by atoms with Crippen molar-refractivity contribution in [1.29, 1.82) is 0 Å². The molecular weight excluding hydrogens is 425 g/mol. The van der Waals surface area contributed by atoms with Gasteiger partial charge in [-0.25, -0.2) is 9.37 Å². The van der Waals surface area contributed by atoms with E-state index in [1.807, 2.05) is 36.8 Å². The number of hydrogen-bond acceptors (Lipinski definition) is 2. The molecule has 0 aliphatic heterocycles. The molecule has 1 unspecified atom stereocenters. The molecule has 1 atom stereocenters. The number of halogens is 1. The zero-order valence-corrected chi connectivity index (χ0v) is 20.3. The Balaban J connectivity index is 1.74. The van der Waals surface area contributed by atoms with Crippen molar-refractivity contribution in [3.63, 3.8) is 0 Å². The van der Waals surface area contributed by atoms with Crippen molar-refractivity contribution >= 4 is 11.6 Å². The van der Waals surface area contributed by atoms with E-state index >= 15 is 0 Å². The van der Waals surface area contributed by atoms with E-state index in [9.17, 15) is 9.18 Å². The Morgan fingerprint density at radius 3 is 2.68 bits per heavy atom. The van der Waals surface area contributed by atoms with Crippen LogP contribution in [0.25, 0.3) is 0 Å². The lowest BCUT2D eigenvalue weighted by molar-refractivity contribution is -0.111. The molecular formula is C29H34FN3O. The minimum atomic E-state index is -1.26. The van der Waals surface area contributed by atoms with E-state index in [-0.39, 0.29) is 11.1 Å². The van der Waals surface area contributed by atoms with Crippen LogP contribution in [0.1, 0.15) is 60.3 Å². The minimum absolute atomic E-state index is 0.0711.